The number of carbonyl (C=O) groups excluding carboxylic acids is 3. The number of aromatic nitrogens is 1. The van der Waals surface area contributed by atoms with Crippen LogP contribution in [0.5, 0.6) is 0 Å². The molecule has 1 saturated heterocycles. The summed E-state index contributed by atoms with van der Waals surface area (Å²) in [5.74, 6) is -1.60. The number of piperazine rings is 1. The molecule has 3 aromatic rings. The van der Waals surface area contributed by atoms with Gasteiger partial charge >= 0.3 is 12.1 Å². The third kappa shape index (κ3) is 8.79. The third-order valence-corrected chi connectivity index (χ3v) is 8.26. The van der Waals surface area contributed by atoms with E-state index in [-0.39, 0.29) is 40.8 Å². The molecule has 240 valence electrons. The number of esters is 1. The molecule has 1 aliphatic rings. The van der Waals surface area contributed by atoms with Gasteiger partial charge in [-0.1, -0.05) is 24.3 Å². The molecule has 2 heterocycles. The molecule has 2 amide bonds. The predicted octanol–water partition coefficient (Wildman–Crippen LogP) is 6.10. The van der Waals surface area contributed by atoms with Gasteiger partial charge in [-0.25, -0.2) is 27.7 Å². The Morgan fingerprint density at radius 3 is 2.00 bits per heavy atom. The maximum absolute atomic E-state index is 13.9. The molecule has 12 heteroatoms. The van der Waals surface area contributed by atoms with Crippen molar-refractivity contribution >= 4 is 29.9 Å². The van der Waals surface area contributed by atoms with Gasteiger partial charge < -0.3 is 14.4 Å². The van der Waals surface area contributed by atoms with E-state index < -0.39 is 23.7 Å². The summed E-state index contributed by atoms with van der Waals surface area (Å²) in [7, 11) is 0. The van der Waals surface area contributed by atoms with Gasteiger partial charge in [0.1, 0.15) is 28.3 Å². The van der Waals surface area contributed by atoms with Gasteiger partial charge in [0.05, 0.1) is 18.2 Å². The molecule has 0 aliphatic carbocycles. The van der Waals surface area contributed by atoms with Gasteiger partial charge in [-0.05, 0) is 82.1 Å². The van der Waals surface area contributed by atoms with Gasteiger partial charge in [0, 0.05) is 44.3 Å². The fourth-order valence-corrected chi connectivity index (χ4v) is 5.88. The van der Waals surface area contributed by atoms with Gasteiger partial charge in [0.25, 0.3) is 0 Å². The maximum atomic E-state index is 13.9. The molecule has 9 nitrogen and oxygen atoms in total. The number of hydrogen-bond acceptors (Lipinski definition) is 8. The zero-order valence-corrected chi connectivity index (χ0v) is 26.9. The average Bonchev–Trinajstić information content (AvgIpc) is 3.01. The smallest absolute Gasteiger partial charge is 0.421 e. The Morgan fingerprint density at radius 2 is 1.49 bits per heavy atom. The third-order valence-electron chi connectivity index (χ3n) is 7.10. The molecule has 4 rings (SSSR count). The van der Waals surface area contributed by atoms with Crippen molar-refractivity contribution in [3.63, 3.8) is 0 Å². The Morgan fingerprint density at radius 1 is 0.933 bits per heavy atom. The Kier molecular flexibility index (Phi) is 11.2. The van der Waals surface area contributed by atoms with Crippen molar-refractivity contribution in [2.24, 2.45) is 0 Å². The predicted molar refractivity (Wildman–Crippen MR) is 166 cm³/mol. The van der Waals surface area contributed by atoms with Crippen LogP contribution >= 0.6 is 11.9 Å². The largest absolute Gasteiger partial charge is 0.462 e. The molecule has 0 radical (unpaired) electrons. The van der Waals surface area contributed by atoms with E-state index in [9.17, 15) is 23.2 Å². The average molecular weight is 641 g/mol. The normalized spacial score (nSPS) is 14.6. The molecule has 0 N–H and O–H groups in total. The number of rotatable bonds is 9. The van der Waals surface area contributed by atoms with Crippen LogP contribution in [0.2, 0.25) is 0 Å². The molecule has 1 aliphatic heterocycles. The summed E-state index contributed by atoms with van der Waals surface area (Å²) in [6, 6.07) is 14.3. The van der Waals surface area contributed by atoms with Crippen LogP contribution in [0, 0.1) is 11.6 Å². The number of ether oxygens (including phenoxy) is 2. The molecule has 0 saturated carbocycles. The van der Waals surface area contributed by atoms with Gasteiger partial charge in [-0.2, -0.15) is 0 Å². The van der Waals surface area contributed by atoms with Crippen LogP contribution in [0.15, 0.2) is 71.9 Å². The van der Waals surface area contributed by atoms with Crippen molar-refractivity contribution in [3.8, 4) is 0 Å². The first-order chi connectivity index (χ1) is 21.4. The second-order valence-electron chi connectivity index (χ2n) is 11.5. The summed E-state index contributed by atoms with van der Waals surface area (Å²) >= 11 is 0.849. The van der Waals surface area contributed by atoms with Gasteiger partial charge in [-0.3, -0.25) is 9.69 Å². The van der Waals surface area contributed by atoms with E-state index in [1.165, 1.54) is 34.8 Å². The summed E-state index contributed by atoms with van der Waals surface area (Å²) in [4.78, 5) is 48.0. The summed E-state index contributed by atoms with van der Waals surface area (Å²) in [5, 5.41) is 0.202. The second kappa shape index (κ2) is 14.8. The molecule has 0 unspecified atom stereocenters. The van der Waals surface area contributed by atoms with Crippen molar-refractivity contribution in [3.05, 3.63) is 95.2 Å². The molecule has 0 bridgehead atoms. The maximum Gasteiger partial charge on any atom is 0.421 e. The lowest BCUT2D eigenvalue weighted by Gasteiger charge is -2.41. The minimum Gasteiger partial charge on any atom is -0.462 e. The standard InChI is InChI=1S/C33H38F2N4O5S/c1-6-43-31(41)27-8-7-17-36-29(27)45-39(32(42)44-33(3,4)5)22(2)30(40)38-20-18-37(19-21-38)28(23-9-13-25(34)14-10-23)24-11-15-26(35)16-12-24/h7-17,22,28H,6,18-21H2,1-5H3/t22-/m1/s1. The number of pyridine rings is 1. The first-order valence-electron chi connectivity index (χ1n) is 14.7. The highest BCUT2D eigenvalue weighted by Gasteiger charge is 2.37. The number of halogens is 2. The summed E-state index contributed by atoms with van der Waals surface area (Å²) in [5.41, 5.74) is 1.01. The molecular formula is C33H38F2N4O5S. The molecule has 1 aromatic heterocycles. The van der Waals surface area contributed by atoms with E-state index in [4.69, 9.17) is 9.47 Å². The Labute approximate surface area is 266 Å². The van der Waals surface area contributed by atoms with Crippen LogP contribution in [0.4, 0.5) is 13.6 Å². The first-order valence-corrected chi connectivity index (χ1v) is 15.5. The second-order valence-corrected chi connectivity index (χ2v) is 12.5. The molecule has 0 spiro atoms. The minimum atomic E-state index is -0.974. The molecule has 1 fully saturated rings. The van der Waals surface area contributed by atoms with Crippen LogP contribution in [-0.4, -0.2) is 81.5 Å². The van der Waals surface area contributed by atoms with Crippen LogP contribution in [-0.2, 0) is 14.3 Å². The number of carbonyl (C=O) groups is 3. The fourth-order valence-electron chi connectivity index (χ4n) is 4.97. The van der Waals surface area contributed by atoms with E-state index >= 15 is 0 Å². The zero-order chi connectivity index (χ0) is 32.7. The number of amides is 2. The highest BCUT2D eigenvalue weighted by Crippen LogP contribution is 2.32. The summed E-state index contributed by atoms with van der Waals surface area (Å²) in [6.45, 7) is 10.3. The Bertz CT molecular complexity index is 1430. The van der Waals surface area contributed by atoms with Gasteiger partial charge in [0.15, 0.2) is 0 Å². The van der Waals surface area contributed by atoms with Crippen molar-refractivity contribution in [1.82, 2.24) is 19.1 Å². The number of hydrogen-bond donors (Lipinski definition) is 0. The van der Waals surface area contributed by atoms with Crippen LogP contribution in [0.25, 0.3) is 0 Å². The SMILES string of the molecule is CCOC(=O)c1cccnc1SN(C(=O)OC(C)(C)C)[C@H](C)C(=O)N1CCN(C(c2ccc(F)cc2)c2ccc(F)cc2)CC1. The Hall–Kier alpha value is -4.03. The monoisotopic (exact) mass is 640 g/mol. The molecule has 2 aromatic carbocycles. The number of nitrogens with zero attached hydrogens (tertiary/aromatic N) is 4. The van der Waals surface area contributed by atoms with Crippen molar-refractivity contribution in [1.29, 1.82) is 0 Å². The lowest BCUT2D eigenvalue weighted by molar-refractivity contribution is -0.136. The highest BCUT2D eigenvalue weighted by atomic mass is 32.2. The van der Waals surface area contributed by atoms with E-state index in [1.807, 2.05) is 0 Å². The summed E-state index contributed by atoms with van der Waals surface area (Å²) in [6.07, 6.45) is 0.739. The Balaban J connectivity index is 1.54. The van der Waals surface area contributed by atoms with Crippen LogP contribution in [0.1, 0.15) is 62.1 Å². The minimum absolute atomic E-state index is 0.164. The van der Waals surface area contributed by atoms with Crippen LogP contribution < -0.4 is 0 Å². The van der Waals surface area contributed by atoms with Gasteiger partial charge in [-0.15, -0.1) is 0 Å². The van der Waals surface area contributed by atoms with E-state index in [0.29, 0.717) is 26.2 Å². The zero-order valence-electron chi connectivity index (χ0n) is 26.0. The summed E-state index contributed by atoms with van der Waals surface area (Å²) < 4.78 is 39.5. The van der Waals surface area contributed by atoms with Crippen molar-refractivity contribution in [2.75, 3.05) is 32.8 Å². The van der Waals surface area contributed by atoms with Crippen LogP contribution in [0.3, 0.4) is 0 Å². The van der Waals surface area contributed by atoms with Crippen molar-refractivity contribution < 1.29 is 32.6 Å². The van der Waals surface area contributed by atoms with E-state index in [1.54, 1.807) is 75.9 Å². The number of benzene rings is 2. The first kappa shape index (κ1) is 33.9. The molecular weight excluding hydrogens is 602 g/mol. The molecule has 45 heavy (non-hydrogen) atoms. The van der Waals surface area contributed by atoms with Crippen molar-refractivity contribution in [2.45, 2.75) is 57.3 Å². The quantitative estimate of drug-likeness (QED) is 0.205. The topological polar surface area (TPSA) is 92.3 Å². The lowest BCUT2D eigenvalue weighted by atomic mass is 9.96. The lowest BCUT2D eigenvalue weighted by Crippen LogP contribution is -2.54. The molecule has 1 atom stereocenters. The fraction of sp³-hybridized carbons (Fsp3) is 0.394. The van der Waals surface area contributed by atoms with E-state index in [0.717, 1.165) is 23.1 Å². The van der Waals surface area contributed by atoms with E-state index in [2.05, 4.69) is 9.88 Å². The van der Waals surface area contributed by atoms with Gasteiger partial charge in [0.2, 0.25) is 5.91 Å². The highest BCUT2D eigenvalue weighted by molar-refractivity contribution is 7.97.